The van der Waals surface area contributed by atoms with Crippen LogP contribution in [0, 0.1) is 6.92 Å². The summed E-state index contributed by atoms with van der Waals surface area (Å²) in [5.74, 6) is 1.14. The van der Waals surface area contributed by atoms with E-state index in [1.807, 2.05) is 44.0 Å². The maximum Gasteiger partial charge on any atom is 0.130 e. The van der Waals surface area contributed by atoms with Gasteiger partial charge in [0.25, 0.3) is 0 Å². The Bertz CT molecular complexity index is 592. The van der Waals surface area contributed by atoms with Crippen molar-refractivity contribution in [3.8, 4) is 0 Å². The minimum atomic E-state index is 0.0565. The molecule has 0 radical (unpaired) electrons. The Labute approximate surface area is 132 Å². The van der Waals surface area contributed by atoms with E-state index >= 15 is 0 Å². The van der Waals surface area contributed by atoms with Gasteiger partial charge in [-0.15, -0.1) is 0 Å². The molecule has 22 heavy (non-hydrogen) atoms. The number of anilines is 1. The van der Waals surface area contributed by atoms with E-state index in [-0.39, 0.29) is 6.10 Å². The summed E-state index contributed by atoms with van der Waals surface area (Å²) >= 11 is 0. The van der Waals surface area contributed by atoms with Crippen molar-refractivity contribution in [3.63, 3.8) is 0 Å². The number of rotatable bonds is 7. The predicted molar refractivity (Wildman–Crippen MR) is 90.2 cm³/mol. The first-order valence-corrected chi connectivity index (χ1v) is 7.52. The van der Waals surface area contributed by atoms with Crippen LogP contribution in [0.1, 0.15) is 22.9 Å². The Morgan fingerprint density at radius 2 is 1.95 bits per heavy atom. The van der Waals surface area contributed by atoms with Crippen LogP contribution in [0.15, 0.2) is 30.3 Å². The zero-order valence-corrected chi connectivity index (χ0v) is 14.1. The Kier molecular flexibility index (Phi) is 5.57. The first kappa shape index (κ1) is 16.5. The molecule has 0 unspecified atom stereocenters. The highest BCUT2D eigenvalue weighted by atomic mass is 16.5. The Balaban J connectivity index is 2.02. The fraction of sp³-hybridized carbons (Fsp3) is 0.471. The summed E-state index contributed by atoms with van der Waals surface area (Å²) in [4.78, 5) is 2.10. The summed E-state index contributed by atoms with van der Waals surface area (Å²) in [5, 5.41) is 8.01. The van der Waals surface area contributed by atoms with Gasteiger partial charge in [0.05, 0.1) is 11.8 Å². The first-order chi connectivity index (χ1) is 10.5. The fourth-order valence-corrected chi connectivity index (χ4v) is 2.79. The van der Waals surface area contributed by atoms with Crippen LogP contribution < -0.4 is 10.2 Å². The van der Waals surface area contributed by atoms with Gasteiger partial charge in [-0.3, -0.25) is 4.68 Å². The van der Waals surface area contributed by atoms with Crippen molar-refractivity contribution < 1.29 is 4.74 Å². The first-order valence-electron chi connectivity index (χ1n) is 7.52. The van der Waals surface area contributed by atoms with Crippen LogP contribution in [-0.2, 0) is 18.3 Å². The van der Waals surface area contributed by atoms with Gasteiger partial charge in [0.15, 0.2) is 0 Å². The highest BCUT2D eigenvalue weighted by Crippen LogP contribution is 2.21. The number of hydrogen-bond donors (Lipinski definition) is 1. The number of aryl methyl sites for hydroxylation is 2. The molecular formula is C17H26N4O. The van der Waals surface area contributed by atoms with Gasteiger partial charge in [-0.1, -0.05) is 30.3 Å². The summed E-state index contributed by atoms with van der Waals surface area (Å²) in [5.41, 5.74) is 3.48. The normalized spacial score (nSPS) is 12.4. The van der Waals surface area contributed by atoms with Gasteiger partial charge in [0.1, 0.15) is 5.82 Å². The third-order valence-corrected chi connectivity index (χ3v) is 3.82. The molecule has 1 atom stereocenters. The second kappa shape index (κ2) is 7.42. The summed E-state index contributed by atoms with van der Waals surface area (Å²) in [7, 11) is 7.82. The van der Waals surface area contributed by atoms with Crippen molar-refractivity contribution in [1.29, 1.82) is 0 Å². The van der Waals surface area contributed by atoms with Crippen LogP contribution in [0.4, 0.5) is 5.82 Å². The molecule has 0 saturated heterocycles. The molecule has 0 aliphatic rings. The number of aromatic nitrogens is 2. The molecule has 0 fully saturated rings. The molecule has 1 aromatic heterocycles. The van der Waals surface area contributed by atoms with Gasteiger partial charge in [-0.25, -0.2) is 0 Å². The van der Waals surface area contributed by atoms with Crippen molar-refractivity contribution >= 4 is 5.82 Å². The van der Waals surface area contributed by atoms with Crippen LogP contribution in [0.5, 0.6) is 0 Å². The van der Waals surface area contributed by atoms with E-state index in [9.17, 15) is 0 Å². The maximum atomic E-state index is 5.59. The predicted octanol–water partition coefficient (Wildman–Crippen LogP) is 2.27. The molecule has 0 aliphatic heterocycles. The van der Waals surface area contributed by atoms with E-state index < -0.39 is 0 Å². The number of hydrogen-bond acceptors (Lipinski definition) is 4. The van der Waals surface area contributed by atoms with Gasteiger partial charge in [-0.2, -0.15) is 5.10 Å². The molecule has 0 amide bonds. The second-order valence-corrected chi connectivity index (χ2v) is 5.67. The topological polar surface area (TPSA) is 42.3 Å². The van der Waals surface area contributed by atoms with Crippen LogP contribution in [-0.4, -0.2) is 37.5 Å². The molecule has 2 aromatic rings. The largest absolute Gasteiger partial charge is 0.375 e. The number of ether oxygens (including phenoxy) is 1. The number of nitrogens with one attached hydrogen (secondary N) is 1. The maximum absolute atomic E-state index is 5.59. The minimum Gasteiger partial charge on any atom is -0.375 e. The van der Waals surface area contributed by atoms with Crippen molar-refractivity contribution in [2.45, 2.75) is 19.6 Å². The lowest BCUT2D eigenvalue weighted by molar-refractivity contribution is 0.102. The smallest absolute Gasteiger partial charge is 0.130 e. The lowest BCUT2D eigenvalue weighted by Crippen LogP contribution is -2.24. The molecule has 1 heterocycles. The quantitative estimate of drug-likeness (QED) is 0.852. The molecule has 1 aromatic carbocycles. The average Bonchev–Trinajstić information content (AvgIpc) is 2.78. The molecule has 0 spiro atoms. The molecule has 1 N–H and O–H groups in total. The Hall–Kier alpha value is -1.85. The van der Waals surface area contributed by atoms with Crippen molar-refractivity contribution in [1.82, 2.24) is 15.1 Å². The van der Waals surface area contributed by atoms with Gasteiger partial charge in [0, 0.05) is 46.9 Å². The molecule has 0 aliphatic carbocycles. The molecule has 5 nitrogen and oxygen atoms in total. The summed E-state index contributed by atoms with van der Waals surface area (Å²) < 4.78 is 7.52. The van der Waals surface area contributed by atoms with E-state index in [1.54, 1.807) is 7.11 Å². The van der Waals surface area contributed by atoms with E-state index in [4.69, 9.17) is 4.74 Å². The van der Waals surface area contributed by atoms with Crippen LogP contribution in [0.25, 0.3) is 0 Å². The van der Waals surface area contributed by atoms with Crippen molar-refractivity contribution in [2.75, 3.05) is 32.6 Å². The highest BCUT2D eigenvalue weighted by Gasteiger charge is 2.15. The summed E-state index contributed by atoms with van der Waals surface area (Å²) in [6.07, 6.45) is 0.0565. The van der Waals surface area contributed by atoms with E-state index in [0.29, 0.717) is 0 Å². The molecule has 0 bridgehead atoms. The molecule has 0 saturated carbocycles. The van der Waals surface area contributed by atoms with Crippen LogP contribution >= 0.6 is 0 Å². The third kappa shape index (κ3) is 3.67. The SMILES string of the molecule is CO[C@@H](CNCc1c(C)nn(C)c1N(C)C)c1ccccc1. The van der Waals surface area contributed by atoms with Crippen LogP contribution in [0.2, 0.25) is 0 Å². The third-order valence-electron chi connectivity index (χ3n) is 3.82. The van der Waals surface area contributed by atoms with Gasteiger partial charge < -0.3 is 15.0 Å². The van der Waals surface area contributed by atoms with Crippen molar-refractivity contribution in [3.05, 3.63) is 47.2 Å². The minimum absolute atomic E-state index is 0.0565. The second-order valence-electron chi connectivity index (χ2n) is 5.67. The van der Waals surface area contributed by atoms with Crippen molar-refractivity contribution in [2.24, 2.45) is 7.05 Å². The lowest BCUT2D eigenvalue weighted by Gasteiger charge is -2.18. The number of benzene rings is 1. The fourth-order valence-electron chi connectivity index (χ4n) is 2.79. The summed E-state index contributed by atoms with van der Waals surface area (Å²) in [6, 6.07) is 10.3. The van der Waals surface area contributed by atoms with E-state index in [1.165, 1.54) is 11.1 Å². The number of methoxy groups -OCH3 is 1. The van der Waals surface area contributed by atoms with Crippen LogP contribution in [0.3, 0.4) is 0 Å². The number of nitrogens with zero attached hydrogens (tertiary/aromatic N) is 3. The zero-order chi connectivity index (χ0) is 16.1. The molecule has 120 valence electrons. The van der Waals surface area contributed by atoms with Gasteiger partial charge in [-0.05, 0) is 12.5 Å². The molecular weight excluding hydrogens is 276 g/mol. The standard InChI is InChI=1S/C17H26N4O/c1-13-15(17(20(2)3)21(4)19-13)11-18-12-16(22-5)14-9-7-6-8-10-14/h6-10,16,18H,11-12H2,1-5H3/t16-/m0/s1. The monoisotopic (exact) mass is 302 g/mol. The summed E-state index contributed by atoms with van der Waals surface area (Å²) in [6.45, 7) is 3.59. The van der Waals surface area contributed by atoms with E-state index in [2.05, 4.69) is 34.4 Å². The van der Waals surface area contributed by atoms with Gasteiger partial charge in [0.2, 0.25) is 0 Å². The molecule has 2 rings (SSSR count). The Morgan fingerprint density at radius 3 is 2.55 bits per heavy atom. The average molecular weight is 302 g/mol. The van der Waals surface area contributed by atoms with Gasteiger partial charge >= 0.3 is 0 Å². The molecule has 5 heteroatoms. The Morgan fingerprint density at radius 1 is 1.27 bits per heavy atom. The zero-order valence-electron chi connectivity index (χ0n) is 14.1. The van der Waals surface area contributed by atoms with E-state index in [0.717, 1.165) is 24.6 Å². The highest BCUT2D eigenvalue weighted by molar-refractivity contribution is 5.48. The lowest BCUT2D eigenvalue weighted by atomic mass is 10.1.